The molecule has 0 aliphatic rings. The Hall–Kier alpha value is -2.03. The van der Waals surface area contributed by atoms with Gasteiger partial charge in [0, 0.05) is 0 Å². The van der Waals surface area contributed by atoms with Crippen molar-refractivity contribution in [2.75, 3.05) is 7.11 Å². The second kappa shape index (κ2) is 6.64. The molecule has 0 bridgehead atoms. The summed E-state index contributed by atoms with van der Waals surface area (Å²) >= 11 is 0. The lowest BCUT2D eigenvalue weighted by molar-refractivity contribution is -0.136. The summed E-state index contributed by atoms with van der Waals surface area (Å²) in [5.41, 5.74) is 1.42. The molecule has 0 fully saturated rings. The third-order valence-corrected chi connectivity index (χ3v) is 2.44. The van der Waals surface area contributed by atoms with Crippen LogP contribution in [0.4, 0.5) is 0 Å². The Labute approximate surface area is 108 Å². The van der Waals surface area contributed by atoms with Gasteiger partial charge in [-0.2, -0.15) is 0 Å². The summed E-state index contributed by atoms with van der Waals surface area (Å²) in [6, 6.07) is 7.61. The van der Waals surface area contributed by atoms with Gasteiger partial charge in [-0.05, 0) is 32.1 Å². The fraction of sp³-hybridized carbons (Fsp3) is 0.267. The van der Waals surface area contributed by atoms with E-state index < -0.39 is 12.1 Å². The molecule has 0 spiro atoms. The Kier molecular flexibility index (Phi) is 5.18. The number of benzene rings is 1. The van der Waals surface area contributed by atoms with Crippen molar-refractivity contribution in [3.05, 3.63) is 54.1 Å². The average molecular weight is 246 g/mol. The van der Waals surface area contributed by atoms with Crippen LogP contribution in [0.1, 0.15) is 12.5 Å². The summed E-state index contributed by atoms with van der Waals surface area (Å²) in [4.78, 5) is 11.4. The van der Waals surface area contributed by atoms with Crippen molar-refractivity contribution in [3.8, 4) is 5.75 Å². The molecule has 1 rings (SSSR count). The number of hydrogen-bond donors (Lipinski definition) is 0. The first kappa shape index (κ1) is 14.0. The Bertz CT molecular complexity index is 443. The van der Waals surface area contributed by atoms with E-state index in [1.165, 1.54) is 7.11 Å². The second-order valence-corrected chi connectivity index (χ2v) is 3.89. The van der Waals surface area contributed by atoms with E-state index in [1.807, 2.05) is 44.2 Å². The lowest BCUT2D eigenvalue weighted by Gasteiger charge is -2.16. The molecule has 96 valence electrons. The zero-order valence-electron chi connectivity index (χ0n) is 11.0. The van der Waals surface area contributed by atoms with Crippen LogP contribution in [0, 0.1) is 6.92 Å². The third kappa shape index (κ3) is 3.77. The zero-order valence-corrected chi connectivity index (χ0v) is 11.0. The van der Waals surface area contributed by atoms with Gasteiger partial charge in [0.15, 0.2) is 0 Å². The van der Waals surface area contributed by atoms with Gasteiger partial charge in [-0.15, -0.1) is 0 Å². The fourth-order valence-electron chi connectivity index (χ4n) is 1.41. The monoisotopic (exact) mass is 246 g/mol. The van der Waals surface area contributed by atoms with E-state index in [9.17, 15) is 4.79 Å². The minimum Gasteiger partial charge on any atom is -0.481 e. The highest BCUT2D eigenvalue weighted by molar-refractivity contribution is 5.89. The number of allylic oxidation sites excluding steroid dienone is 1. The lowest BCUT2D eigenvalue weighted by Crippen LogP contribution is -2.22. The minimum absolute atomic E-state index is 0.274. The molecule has 0 amide bonds. The topological polar surface area (TPSA) is 35.5 Å². The average Bonchev–Trinajstić information content (AvgIpc) is 2.39. The van der Waals surface area contributed by atoms with Gasteiger partial charge in [0.05, 0.1) is 12.7 Å². The number of ether oxygens (including phenoxy) is 2. The number of esters is 1. The maximum atomic E-state index is 11.4. The lowest BCUT2D eigenvalue weighted by atomic mass is 10.1. The molecule has 3 heteroatoms. The van der Waals surface area contributed by atoms with Gasteiger partial charge in [-0.3, -0.25) is 0 Å². The number of rotatable bonds is 5. The number of hydrogen-bond acceptors (Lipinski definition) is 3. The Balaban J connectivity index is 2.83. The van der Waals surface area contributed by atoms with Crippen LogP contribution in [-0.2, 0) is 9.53 Å². The Morgan fingerprint density at radius 2 is 1.94 bits per heavy atom. The first-order valence-corrected chi connectivity index (χ1v) is 5.71. The summed E-state index contributed by atoms with van der Waals surface area (Å²) < 4.78 is 10.4. The first-order chi connectivity index (χ1) is 8.58. The van der Waals surface area contributed by atoms with E-state index in [0.717, 1.165) is 5.56 Å². The highest BCUT2D eigenvalue weighted by Gasteiger charge is 2.18. The molecule has 1 aromatic carbocycles. The molecule has 0 aliphatic carbocycles. The van der Waals surface area contributed by atoms with E-state index >= 15 is 0 Å². The summed E-state index contributed by atoms with van der Waals surface area (Å²) in [7, 11) is 1.33. The van der Waals surface area contributed by atoms with Crippen LogP contribution in [0.5, 0.6) is 5.75 Å². The molecule has 1 aromatic rings. The van der Waals surface area contributed by atoms with Crippen LogP contribution in [-0.4, -0.2) is 19.2 Å². The molecule has 3 nitrogen and oxygen atoms in total. The SMILES string of the molecule is C=C(C(=O)OC)[C@H](/C=C/C)Oc1ccc(C)cc1. The maximum absolute atomic E-state index is 11.4. The van der Waals surface area contributed by atoms with Crippen LogP contribution < -0.4 is 4.74 Å². The highest BCUT2D eigenvalue weighted by atomic mass is 16.5. The predicted molar refractivity (Wildman–Crippen MR) is 71.6 cm³/mol. The van der Waals surface area contributed by atoms with Gasteiger partial charge in [0.2, 0.25) is 0 Å². The summed E-state index contributed by atoms with van der Waals surface area (Å²) in [5, 5.41) is 0. The molecule has 0 heterocycles. The second-order valence-electron chi connectivity index (χ2n) is 3.89. The summed E-state index contributed by atoms with van der Waals surface area (Å²) in [6.07, 6.45) is 3.07. The van der Waals surface area contributed by atoms with Crippen molar-refractivity contribution in [1.82, 2.24) is 0 Å². The Morgan fingerprint density at radius 1 is 1.33 bits per heavy atom. The van der Waals surface area contributed by atoms with E-state index in [4.69, 9.17) is 4.74 Å². The zero-order chi connectivity index (χ0) is 13.5. The van der Waals surface area contributed by atoms with Crippen LogP contribution in [0.25, 0.3) is 0 Å². The van der Waals surface area contributed by atoms with E-state index in [0.29, 0.717) is 5.75 Å². The van der Waals surface area contributed by atoms with Crippen LogP contribution in [0.3, 0.4) is 0 Å². The van der Waals surface area contributed by atoms with Crippen LogP contribution in [0.15, 0.2) is 48.6 Å². The van der Waals surface area contributed by atoms with Crippen LogP contribution in [0.2, 0.25) is 0 Å². The molecular weight excluding hydrogens is 228 g/mol. The first-order valence-electron chi connectivity index (χ1n) is 5.71. The van der Waals surface area contributed by atoms with E-state index in [1.54, 1.807) is 6.08 Å². The molecule has 0 radical (unpaired) electrons. The standard InChI is InChI=1S/C15H18O3/c1-5-6-14(12(3)15(16)17-4)18-13-9-7-11(2)8-10-13/h5-10,14H,3H2,1-2,4H3/b6-5+/t14-/m0/s1. The van der Waals surface area contributed by atoms with E-state index in [-0.39, 0.29) is 5.57 Å². The molecule has 0 aliphatic heterocycles. The number of methoxy groups -OCH3 is 1. The van der Waals surface area contributed by atoms with Crippen molar-refractivity contribution >= 4 is 5.97 Å². The predicted octanol–water partition coefficient (Wildman–Crippen LogP) is 3.05. The normalized spacial score (nSPS) is 12.2. The Morgan fingerprint density at radius 3 is 2.44 bits per heavy atom. The van der Waals surface area contributed by atoms with E-state index in [2.05, 4.69) is 11.3 Å². The number of aryl methyl sites for hydroxylation is 1. The smallest absolute Gasteiger partial charge is 0.337 e. The molecule has 0 aromatic heterocycles. The molecular formula is C15H18O3. The number of carbonyl (C=O) groups excluding carboxylic acids is 1. The molecule has 1 atom stereocenters. The van der Waals surface area contributed by atoms with Crippen molar-refractivity contribution in [2.24, 2.45) is 0 Å². The summed E-state index contributed by atoms with van der Waals surface area (Å²) in [5.74, 6) is 0.221. The van der Waals surface area contributed by atoms with Gasteiger partial charge < -0.3 is 9.47 Å². The van der Waals surface area contributed by atoms with Crippen molar-refractivity contribution < 1.29 is 14.3 Å². The third-order valence-electron chi connectivity index (χ3n) is 2.44. The largest absolute Gasteiger partial charge is 0.481 e. The quantitative estimate of drug-likeness (QED) is 0.455. The number of carbonyl (C=O) groups is 1. The molecule has 0 unspecified atom stereocenters. The maximum Gasteiger partial charge on any atom is 0.337 e. The van der Waals surface area contributed by atoms with Crippen molar-refractivity contribution in [3.63, 3.8) is 0 Å². The fourth-order valence-corrected chi connectivity index (χ4v) is 1.41. The van der Waals surface area contributed by atoms with Gasteiger partial charge >= 0.3 is 5.97 Å². The van der Waals surface area contributed by atoms with Gasteiger partial charge in [-0.1, -0.05) is 30.4 Å². The molecule has 18 heavy (non-hydrogen) atoms. The molecule has 0 saturated heterocycles. The van der Waals surface area contributed by atoms with Crippen molar-refractivity contribution in [1.29, 1.82) is 0 Å². The van der Waals surface area contributed by atoms with Gasteiger partial charge in [0.25, 0.3) is 0 Å². The minimum atomic E-state index is -0.509. The van der Waals surface area contributed by atoms with Gasteiger partial charge in [-0.25, -0.2) is 4.79 Å². The highest BCUT2D eigenvalue weighted by Crippen LogP contribution is 2.17. The van der Waals surface area contributed by atoms with Gasteiger partial charge in [0.1, 0.15) is 11.9 Å². The summed E-state index contributed by atoms with van der Waals surface area (Å²) in [6.45, 7) is 7.57. The van der Waals surface area contributed by atoms with Crippen LogP contribution >= 0.6 is 0 Å². The molecule has 0 N–H and O–H groups in total. The molecule has 0 saturated carbocycles. The van der Waals surface area contributed by atoms with Crippen molar-refractivity contribution in [2.45, 2.75) is 20.0 Å².